The number of benzene rings is 1. The van der Waals surface area contributed by atoms with Crippen molar-refractivity contribution in [2.45, 2.75) is 19.6 Å². The lowest BCUT2D eigenvalue weighted by Gasteiger charge is -2.27. The van der Waals surface area contributed by atoms with Crippen molar-refractivity contribution in [2.24, 2.45) is 4.99 Å². The quantitative estimate of drug-likeness (QED) is 0.758. The average molecular weight is 218 g/mol. The molecule has 1 atom stereocenters. The fraction of sp³-hybridized carbons (Fsp3) is 0.462. The van der Waals surface area contributed by atoms with Gasteiger partial charge in [0, 0.05) is 18.7 Å². The summed E-state index contributed by atoms with van der Waals surface area (Å²) in [5, 5.41) is 0. The van der Waals surface area contributed by atoms with Crippen LogP contribution in [0.1, 0.15) is 25.1 Å². The number of hydrogen-bond acceptors (Lipinski definition) is 3. The molecule has 1 aliphatic rings. The lowest BCUT2D eigenvalue weighted by Crippen LogP contribution is -2.28. The number of ether oxygens (including phenoxy) is 1. The number of nitrogens with zero attached hydrogens (tertiary/aromatic N) is 2. The molecule has 2 rings (SSSR count). The second-order valence-electron chi connectivity index (χ2n) is 3.89. The van der Waals surface area contributed by atoms with Crippen LogP contribution in [-0.4, -0.2) is 30.9 Å². The molecule has 0 aromatic heterocycles. The van der Waals surface area contributed by atoms with E-state index in [0.717, 1.165) is 26.1 Å². The molecule has 0 saturated carbocycles. The molecule has 3 heteroatoms. The second-order valence-corrected chi connectivity index (χ2v) is 3.89. The van der Waals surface area contributed by atoms with Crippen molar-refractivity contribution in [1.29, 1.82) is 0 Å². The van der Waals surface area contributed by atoms with Crippen LogP contribution in [0.3, 0.4) is 0 Å². The molecular formula is C13H18N2O. The van der Waals surface area contributed by atoms with Gasteiger partial charge in [0.25, 0.3) is 0 Å². The Morgan fingerprint density at radius 1 is 1.38 bits per heavy atom. The van der Waals surface area contributed by atoms with Gasteiger partial charge < -0.3 is 9.64 Å². The zero-order valence-corrected chi connectivity index (χ0v) is 9.67. The molecule has 3 nitrogen and oxygen atoms in total. The smallest absolute Gasteiger partial charge is 0.157 e. The van der Waals surface area contributed by atoms with E-state index in [0.29, 0.717) is 0 Å². The largest absolute Gasteiger partial charge is 0.354 e. The number of aliphatic imine (C=N–C) groups is 1. The first-order valence-corrected chi connectivity index (χ1v) is 5.84. The summed E-state index contributed by atoms with van der Waals surface area (Å²) in [6.45, 7) is 4.73. The molecule has 1 unspecified atom stereocenters. The third kappa shape index (κ3) is 2.61. The Morgan fingerprint density at radius 2 is 2.19 bits per heavy atom. The van der Waals surface area contributed by atoms with Crippen molar-refractivity contribution in [3.63, 3.8) is 0 Å². The Hall–Kier alpha value is -1.35. The van der Waals surface area contributed by atoms with E-state index in [-0.39, 0.29) is 6.23 Å². The van der Waals surface area contributed by atoms with Crippen LogP contribution >= 0.6 is 0 Å². The SMILES string of the molecule is CCCOC(c1ccccc1)N1C=NCC1. The average Bonchev–Trinajstić information content (AvgIpc) is 2.85. The standard InChI is InChI=1S/C13H18N2O/c1-2-10-16-13(15-9-8-14-11-15)12-6-4-3-5-7-12/h3-7,11,13H,2,8-10H2,1H3. The maximum absolute atomic E-state index is 5.90. The molecule has 0 N–H and O–H groups in total. The summed E-state index contributed by atoms with van der Waals surface area (Å²) in [6.07, 6.45) is 2.95. The van der Waals surface area contributed by atoms with Gasteiger partial charge in [-0.3, -0.25) is 4.99 Å². The molecule has 1 aromatic carbocycles. The summed E-state index contributed by atoms with van der Waals surface area (Å²) < 4.78 is 5.90. The van der Waals surface area contributed by atoms with Crippen molar-refractivity contribution in [2.75, 3.05) is 19.7 Å². The summed E-state index contributed by atoms with van der Waals surface area (Å²) in [4.78, 5) is 6.40. The van der Waals surface area contributed by atoms with Crippen molar-refractivity contribution in [3.8, 4) is 0 Å². The lowest BCUT2D eigenvalue weighted by atomic mass is 10.2. The maximum Gasteiger partial charge on any atom is 0.157 e. The molecule has 0 spiro atoms. The van der Waals surface area contributed by atoms with E-state index in [1.807, 2.05) is 24.5 Å². The van der Waals surface area contributed by atoms with Gasteiger partial charge in [0.15, 0.2) is 6.23 Å². The first-order valence-electron chi connectivity index (χ1n) is 5.84. The topological polar surface area (TPSA) is 24.8 Å². The van der Waals surface area contributed by atoms with Crippen LogP contribution in [0.25, 0.3) is 0 Å². The summed E-state index contributed by atoms with van der Waals surface area (Å²) in [5.41, 5.74) is 1.20. The van der Waals surface area contributed by atoms with Gasteiger partial charge in [0.05, 0.1) is 12.9 Å². The zero-order chi connectivity index (χ0) is 11.2. The predicted octanol–water partition coefficient (Wildman–Crippen LogP) is 2.46. The highest BCUT2D eigenvalue weighted by molar-refractivity contribution is 5.57. The van der Waals surface area contributed by atoms with E-state index >= 15 is 0 Å². The highest BCUT2D eigenvalue weighted by Gasteiger charge is 2.20. The summed E-state index contributed by atoms with van der Waals surface area (Å²) in [7, 11) is 0. The molecule has 1 aromatic rings. The minimum atomic E-state index is 0.0207. The number of rotatable bonds is 5. The summed E-state index contributed by atoms with van der Waals surface area (Å²) >= 11 is 0. The predicted molar refractivity (Wildman–Crippen MR) is 65.5 cm³/mol. The first kappa shape index (κ1) is 11.1. The van der Waals surface area contributed by atoms with Gasteiger partial charge in [-0.05, 0) is 6.42 Å². The molecule has 0 bridgehead atoms. The van der Waals surface area contributed by atoms with Crippen LogP contribution in [-0.2, 0) is 4.74 Å². The van der Waals surface area contributed by atoms with E-state index in [9.17, 15) is 0 Å². The molecule has 1 aliphatic heterocycles. The van der Waals surface area contributed by atoms with Crippen molar-refractivity contribution in [3.05, 3.63) is 35.9 Å². The Balaban J connectivity index is 2.10. The molecular weight excluding hydrogens is 200 g/mol. The molecule has 1 heterocycles. The van der Waals surface area contributed by atoms with Gasteiger partial charge in [-0.1, -0.05) is 37.3 Å². The Morgan fingerprint density at radius 3 is 2.81 bits per heavy atom. The highest BCUT2D eigenvalue weighted by atomic mass is 16.5. The Bertz CT molecular complexity index is 337. The molecule has 0 saturated heterocycles. The molecule has 16 heavy (non-hydrogen) atoms. The van der Waals surface area contributed by atoms with Crippen molar-refractivity contribution < 1.29 is 4.74 Å². The van der Waals surface area contributed by atoms with Gasteiger partial charge in [-0.15, -0.1) is 0 Å². The third-order valence-corrected chi connectivity index (χ3v) is 2.58. The Labute approximate surface area is 96.7 Å². The van der Waals surface area contributed by atoms with E-state index in [2.05, 4.69) is 28.9 Å². The maximum atomic E-state index is 5.90. The van der Waals surface area contributed by atoms with Crippen LogP contribution < -0.4 is 0 Å². The van der Waals surface area contributed by atoms with Crippen LogP contribution in [0.5, 0.6) is 0 Å². The zero-order valence-electron chi connectivity index (χ0n) is 9.67. The normalized spacial score (nSPS) is 16.7. The highest BCUT2D eigenvalue weighted by Crippen LogP contribution is 2.22. The van der Waals surface area contributed by atoms with E-state index in [1.165, 1.54) is 5.56 Å². The van der Waals surface area contributed by atoms with Crippen LogP contribution in [0.15, 0.2) is 35.3 Å². The molecule has 86 valence electrons. The fourth-order valence-electron chi connectivity index (χ4n) is 1.80. The third-order valence-electron chi connectivity index (χ3n) is 2.58. The van der Waals surface area contributed by atoms with E-state index in [4.69, 9.17) is 4.74 Å². The fourth-order valence-corrected chi connectivity index (χ4v) is 1.80. The van der Waals surface area contributed by atoms with Crippen LogP contribution in [0.2, 0.25) is 0 Å². The van der Waals surface area contributed by atoms with Gasteiger partial charge >= 0.3 is 0 Å². The summed E-state index contributed by atoms with van der Waals surface area (Å²) in [6, 6.07) is 10.3. The monoisotopic (exact) mass is 218 g/mol. The van der Waals surface area contributed by atoms with Crippen molar-refractivity contribution >= 4 is 6.34 Å². The van der Waals surface area contributed by atoms with Gasteiger partial charge in [0.1, 0.15) is 0 Å². The van der Waals surface area contributed by atoms with E-state index in [1.54, 1.807) is 0 Å². The molecule has 0 radical (unpaired) electrons. The first-order chi connectivity index (χ1) is 7.92. The minimum Gasteiger partial charge on any atom is -0.354 e. The van der Waals surface area contributed by atoms with Gasteiger partial charge in [0.2, 0.25) is 0 Å². The lowest BCUT2D eigenvalue weighted by molar-refractivity contribution is -0.0220. The molecule has 0 amide bonds. The van der Waals surface area contributed by atoms with E-state index < -0.39 is 0 Å². The minimum absolute atomic E-state index is 0.0207. The van der Waals surface area contributed by atoms with Crippen molar-refractivity contribution in [1.82, 2.24) is 4.90 Å². The van der Waals surface area contributed by atoms with Gasteiger partial charge in [-0.25, -0.2) is 0 Å². The van der Waals surface area contributed by atoms with Crippen LogP contribution in [0, 0.1) is 0 Å². The Kier molecular flexibility index (Phi) is 3.94. The second kappa shape index (κ2) is 5.66. The number of hydrogen-bond donors (Lipinski definition) is 0. The van der Waals surface area contributed by atoms with Gasteiger partial charge in [-0.2, -0.15) is 0 Å². The van der Waals surface area contributed by atoms with Crippen LogP contribution in [0.4, 0.5) is 0 Å². The molecule has 0 aliphatic carbocycles. The molecule has 0 fully saturated rings. The summed E-state index contributed by atoms with van der Waals surface area (Å²) in [5.74, 6) is 0.